The molecule has 0 radical (unpaired) electrons. The van der Waals surface area contributed by atoms with Crippen LogP contribution in [0.3, 0.4) is 0 Å². The van der Waals surface area contributed by atoms with Gasteiger partial charge in [0.05, 0.1) is 0 Å². The topological polar surface area (TPSA) is 17.1 Å². The Bertz CT molecular complexity index is 163. The van der Waals surface area contributed by atoms with Gasteiger partial charge in [-0.15, -0.1) is 0 Å². The lowest BCUT2D eigenvalue weighted by molar-refractivity contribution is -0.122. The molecule has 1 aliphatic carbocycles. The van der Waals surface area contributed by atoms with E-state index in [-0.39, 0.29) is 0 Å². The average Bonchev–Trinajstić information content (AvgIpc) is 2.14. The molecule has 13 heavy (non-hydrogen) atoms. The normalized spacial score (nSPS) is 26.0. The number of Topliss-reactive ketones (excluding diaryl/α,β-unsaturated/α-hetero) is 1. The Kier molecular flexibility index (Phi) is 4.47. The van der Waals surface area contributed by atoms with Gasteiger partial charge in [0.25, 0.3) is 0 Å². The Morgan fingerprint density at radius 2 is 2.31 bits per heavy atom. The monoisotopic (exact) mass is 182 g/mol. The molecule has 0 aromatic carbocycles. The van der Waals surface area contributed by atoms with Crippen LogP contribution in [-0.4, -0.2) is 5.78 Å². The zero-order valence-corrected chi connectivity index (χ0v) is 9.01. The lowest BCUT2D eigenvalue weighted by Gasteiger charge is -2.26. The third kappa shape index (κ3) is 3.50. The number of hydrogen-bond acceptors (Lipinski definition) is 1. The summed E-state index contributed by atoms with van der Waals surface area (Å²) in [6.07, 6.45) is 8.06. The smallest absolute Gasteiger partial charge is 0.133 e. The van der Waals surface area contributed by atoms with Crippen LogP contribution in [-0.2, 0) is 4.79 Å². The van der Waals surface area contributed by atoms with Crippen LogP contribution in [0.15, 0.2) is 0 Å². The first-order valence-corrected chi connectivity index (χ1v) is 5.75. The van der Waals surface area contributed by atoms with E-state index in [0.29, 0.717) is 11.7 Å². The molecule has 1 aliphatic rings. The Balaban J connectivity index is 2.28. The predicted octanol–water partition coefficient (Wildman–Crippen LogP) is 3.57. The summed E-state index contributed by atoms with van der Waals surface area (Å²) < 4.78 is 0. The highest BCUT2D eigenvalue weighted by atomic mass is 16.1. The van der Waals surface area contributed by atoms with Crippen LogP contribution in [0.1, 0.15) is 58.8 Å². The maximum absolute atomic E-state index is 11.3. The van der Waals surface area contributed by atoms with E-state index in [2.05, 4.69) is 13.8 Å². The van der Waals surface area contributed by atoms with E-state index in [4.69, 9.17) is 0 Å². The van der Waals surface area contributed by atoms with Crippen molar-refractivity contribution in [1.29, 1.82) is 0 Å². The minimum atomic E-state index is 0.500. The van der Waals surface area contributed by atoms with E-state index in [1.807, 2.05) is 0 Å². The van der Waals surface area contributed by atoms with Gasteiger partial charge in [-0.25, -0.2) is 0 Å². The Morgan fingerprint density at radius 1 is 1.54 bits per heavy atom. The molecule has 0 aliphatic heterocycles. The summed E-state index contributed by atoms with van der Waals surface area (Å²) in [5, 5.41) is 0. The zero-order chi connectivity index (χ0) is 9.68. The first kappa shape index (κ1) is 10.7. The number of carbonyl (C=O) groups excluding carboxylic acids is 1. The molecule has 76 valence electrons. The molecule has 0 aromatic rings. The highest BCUT2D eigenvalue weighted by Gasteiger charge is 2.23. The van der Waals surface area contributed by atoms with Gasteiger partial charge in [-0.2, -0.15) is 0 Å². The molecule has 0 saturated heterocycles. The lowest BCUT2D eigenvalue weighted by Crippen LogP contribution is -2.20. The van der Waals surface area contributed by atoms with Crippen molar-refractivity contribution < 1.29 is 4.79 Å². The zero-order valence-electron chi connectivity index (χ0n) is 9.01. The first-order valence-electron chi connectivity index (χ1n) is 5.75. The highest BCUT2D eigenvalue weighted by molar-refractivity contribution is 5.79. The molecule has 0 spiro atoms. The van der Waals surface area contributed by atoms with Gasteiger partial charge >= 0.3 is 0 Å². The summed E-state index contributed by atoms with van der Waals surface area (Å²) in [4.78, 5) is 11.3. The molecule has 1 heteroatoms. The third-order valence-electron chi connectivity index (χ3n) is 3.34. The van der Waals surface area contributed by atoms with Gasteiger partial charge in [-0.3, -0.25) is 4.79 Å². The summed E-state index contributed by atoms with van der Waals surface area (Å²) in [5.74, 6) is 1.97. The number of carbonyl (C=O) groups is 1. The van der Waals surface area contributed by atoms with Gasteiger partial charge in [0.1, 0.15) is 5.78 Å². The Hall–Kier alpha value is -0.330. The number of hydrogen-bond donors (Lipinski definition) is 0. The fourth-order valence-corrected chi connectivity index (χ4v) is 2.31. The van der Waals surface area contributed by atoms with Crippen LogP contribution >= 0.6 is 0 Å². The van der Waals surface area contributed by atoms with Crippen LogP contribution in [0.25, 0.3) is 0 Å². The first-order chi connectivity index (χ1) is 6.24. The molecule has 2 unspecified atom stereocenters. The fraction of sp³-hybridized carbons (Fsp3) is 0.917. The number of unbranched alkanes of at least 4 members (excludes halogenated alkanes) is 1. The molecule has 0 N–H and O–H groups in total. The molecular formula is C12H22O. The molecule has 1 saturated carbocycles. The van der Waals surface area contributed by atoms with E-state index >= 15 is 0 Å². The lowest BCUT2D eigenvalue weighted by atomic mass is 9.78. The summed E-state index contributed by atoms with van der Waals surface area (Å²) in [7, 11) is 0. The third-order valence-corrected chi connectivity index (χ3v) is 3.34. The molecule has 2 atom stereocenters. The van der Waals surface area contributed by atoms with Crippen LogP contribution in [0, 0.1) is 11.8 Å². The van der Waals surface area contributed by atoms with Crippen molar-refractivity contribution in [2.45, 2.75) is 58.8 Å². The van der Waals surface area contributed by atoms with Crippen molar-refractivity contribution in [3.63, 3.8) is 0 Å². The molecule has 1 rings (SSSR count). The van der Waals surface area contributed by atoms with Crippen molar-refractivity contribution in [1.82, 2.24) is 0 Å². The second-order valence-electron chi connectivity index (χ2n) is 4.51. The second kappa shape index (κ2) is 5.41. The van der Waals surface area contributed by atoms with E-state index in [0.717, 1.165) is 25.2 Å². The van der Waals surface area contributed by atoms with Gasteiger partial charge in [0, 0.05) is 12.8 Å². The SMILES string of the molecule is CCCCC(C)C1CCCC(=O)C1. The Morgan fingerprint density at radius 3 is 2.92 bits per heavy atom. The van der Waals surface area contributed by atoms with E-state index < -0.39 is 0 Å². The second-order valence-corrected chi connectivity index (χ2v) is 4.51. The van der Waals surface area contributed by atoms with Crippen LogP contribution in [0.4, 0.5) is 0 Å². The molecule has 1 fully saturated rings. The Labute approximate surface area is 81.9 Å². The van der Waals surface area contributed by atoms with Gasteiger partial charge in [0.15, 0.2) is 0 Å². The maximum atomic E-state index is 11.3. The fourth-order valence-electron chi connectivity index (χ4n) is 2.31. The summed E-state index contributed by atoms with van der Waals surface area (Å²) in [6, 6.07) is 0. The minimum absolute atomic E-state index is 0.500. The standard InChI is InChI=1S/C12H22O/c1-3-4-6-10(2)11-7-5-8-12(13)9-11/h10-11H,3-9H2,1-2H3. The molecule has 0 aromatic heterocycles. The van der Waals surface area contributed by atoms with Crippen molar-refractivity contribution >= 4 is 5.78 Å². The van der Waals surface area contributed by atoms with Crippen molar-refractivity contribution in [3.05, 3.63) is 0 Å². The quantitative estimate of drug-likeness (QED) is 0.649. The summed E-state index contributed by atoms with van der Waals surface area (Å²) in [5.41, 5.74) is 0. The van der Waals surface area contributed by atoms with E-state index in [1.54, 1.807) is 0 Å². The van der Waals surface area contributed by atoms with Crippen LogP contribution < -0.4 is 0 Å². The molecule has 0 bridgehead atoms. The van der Waals surface area contributed by atoms with Crippen LogP contribution in [0.2, 0.25) is 0 Å². The minimum Gasteiger partial charge on any atom is -0.300 e. The summed E-state index contributed by atoms with van der Waals surface area (Å²) in [6.45, 7) is 4.55. The largest absolute Gasteiger partial charge is 0.300 e. The molecule has 0 heterocycles. The molecular weight excluding hydrogens is 160 g/mol. The number of ketones is 1. The van der Waals surface area contributed by atoms with Crippen molar-refractivity contribution in [3.8, 4) is 0 Å². The molecule has 1 nitrogen and oxygen atoms in total. The van der Waals surface area contributed by atoms with Crippen molar-refractivity contribution in [2.24, 2.45) is 11.8 Å². The van der Waals surface area contributed by atoms with Crippen molar-refractivity contribution in [2.75, 3.05) is 0 Å². The number of rotatable bonds is 4. The maximum Gasteiger partial charge on any atom is 0.133 e. The highest BCUT2D eigenvalue weighted by Crippen LogP contribution is 2.30. The van der Waals surface area contributed by atoms with Gasteiger partial charge in [0.2, 0.25) is 0 Å². The van der Waals surface area contributed by atoms with E-state index in [9.17, 15) is 4.79 Å². The van der Waals surface area contributed by atoms with Gasteiger partial charge in [-0.05, 0) is 24.7 Å². The van der Waals surface area contributed by atoms with Gasteiger partial charge in [-0.1, -0.05) is 33.1 Å². The average molecular weight is 182 g/mol. The predicted molar refractivity (Wildman–Crippen MR) is 55.7 cm³/mol. The summed E-state index contributed by atoms with van der Waals surface area (Å²) >= 11 is 0. The van der Waals surface area contributed by atoms with E-state index in [1.165, 1.54) is 25.7 Å². The van der Waals surface area contributed by atoms with Gasteiger partial charge < -0.3 is 0 Å². The van der Waals surface area contributed by atoms with Crippen LogP contribution in [0.5, 0.6) is 0 Å². The molecule has 0 amide bonds.